The van der Waals surface area contributed by atoms with Crippen LogP contribution in [0, 0.1) is 6.92 Å². The summed E-state index contributed by atoms with van der Waals surface area (Å²) in [7, 11) is 0. The van der Waals surface area contributed by atoms with Gasteiger partial charge in [0.25, 0.3) is 5.91 Å². The molecule has 0 radical (unpaired) electrons. The summed E-state index contributed by atoms with van der Waals surface area (Å²) >= 11 is 9.32. The minimum atomic E-state index is -0.534. The second kappa shape index (κ2) is 10.8. The number of esters is 1. The molecule has 0 unspecified atom stereocenters. The molecule has 148 valence electrons. The fraction of sp³-hybridized carbons (Fsp3) is 0.250. The summed E-state index contributed by atoms with van der Waals surface area (Å²) in [5.74, 6) is -1.18. The van der Waals surface area contributed by atoms with Crippen molar-refractivity contribution in [1.29, 1.82) is 0 Å². The van der Waals surface area contributed by atoms with Gasteiger partial charge in [0.05, 0.1) is 5.02 Å². The highest BCUT2D eigenvalue weighted by Gasteiger charge is 2.11. The van der Waals surface area contributed by atoms with Crippen molar-refractivity contribution >= 4 is 56.7 Å². The Hall–Kier alpha value is -2.38. The Morgan fingerprint density at radius 1 is 1.04 bits per heavy atom. The van der Waals surface area contributed by atoms with Crippen LogP contribution in [0.4, 0.5) is 11.4 Å². The lowest BCUT2D eigenvalue weighted by molar-refractivity contribution is -0.147. The first-order valence-corrected chi connectivity index (χ1v) is 9.78. The van der Waals surface area contributed by atoms with E-state index in [-0.39, 0.29) is 18.7 Å². The number of para-hydroxylation sites is 1. The Morgan fingerprint density at radius 3 is 2.46 bits per heavy atom. The largest absolute Gasteiger partial charge is 0.456 e. The van der Waals surface area contributed by atoms with Crippen LogP contribution in [0.15, 0.2) is 46.9 Å². The maximum atomic E-state index is 11.9. The highest BCUT2D eigenvalue weighted by Crippen LogP contribution is 2.28. The second-order valence-electron chi connectivity index (χ2n) is 6.06. The number of benzene rings is 2. The molecule has 28 heavy (non-hydrogen) atoms. The zero-order valence-electron chi connectivity index (χ0n) is 15.3. The van der Waals surface area contributed by atoms with Crippen molar-refractivity contribution in [3.05, 3.63) is 57.5 Å². The number of ether oxygens (including phenoxy) is 1. The number of aryl methyl sites for hydroxylation is 1. The van der Waals surface area contributed by atoms with Crippen LogP contribution >= 0.6 is 27.5 Å². The summed E-state index contributed by atoms with van der Waals surface area (Å²) in [6.45, 7) is 1.42. The van der Waals surface area contributed by atoms with Gasteiger partial charge >= 0.3 is 5.97 Å². The van der Waals surface area contributed by atoms with E-state index < -0.39 is 18.5 Å². The van der Waals surface area contributed by atoms with Gasteiger partial charge in [-0.1, -0.05) is 29.8 Å². The van der Waals surface area contributed by atoms with E-state index >= 15 is 0 Å². The number of carbonyl (C=O) groups is 3. The van der Waals surface area contributed by atoms with Crippen molar-refractivity contribution in [2.24, 2.45) is 0 Å². The van der Waals surface area contributed by atoms with Crippen molar-refractivity contribution in [2.45, 2.75) is 26.2 Å². The van der Waals surface area contributed by atoms with Gasteiger partial charge in [0, 0.05) is 28.7 Å². The number of hydrogen-bond acceptors (Lipinski definition) is 4. The summed E-state index contributed by atoms with van der Waals surface area (Å²) < 4.78 is 5.67. The van der Waals surface area contributed by atoms with Gasteiger partial charge in [-0.05, 0) is 59.1 Å². The smallest absolute Gasteiger partial charge is 0.306 e. The molecule has 0 saturated heterocycles. The standard InChI is InChI=1S/C20H20BrClN2O4/c1-13-10-15(21)16(22)11-17(13)24-19(26)12-28-20(27)9-5-8-18(25)23-14-6-3-2-4-7-14/h2-4,6-7,10-11H,5,8-9,12H2,1H3,(H,23,25)(H,24,26). The summed E-state index contributed by atoms with van der Waals surface area (Å²) in [6, 6.07) is 12.5. The molecule has 0 aliphatic heterocycles. The summed E-state index contributed by atoms with van der Waals surface area (Å²) in [6.07, 6.45) is 0.575. The molecule has 0 spiro atoms. The predicted molar refractivity (Wildman–Crippen MR) is 112 cm³/mol. The van der Waals surface area contributed by atoms with Gasteiger partial charge < -0.3 is 15.4 Å². The summed E-state index contributed by atoms with van der Waals surface area (Å²) in [4.78, 5) is 35.5. The van der Waals surface area contributed by atoms with Gasteiger partial charge in [0.15, 0.2) is 6.61 Å². The van der Waals surface area contributed by atoms with E-state index in [1.165, 1.54) is 0 Å². The van der Waals surface area contributed by atoms with E-state index in [1.807, 2.05) is 25.1 Å². The van der Waals surface area contributed by atoms with E-state index in [0.717, 1.165) is 10.0 Å². The first kappa shape index (κ1) is 21.9. The van der Waals surface area contributed by atoms with E-state index in [4.69, 9.17) is 16.3 Å². The molecule has 0 saturated carbocycles. The van der Waals surface area contributed by atoms with E-state index in [2.05, 4.69) is 26.6 Å². The van der Waals surface area contributed by atoms with Crippen LogP contribution in [0.1, 0.15) is 24.8 Å². The van der Waals surface area contributed by atoms with Crippen LogP contribution in [0.2, 0.25) is 5.02 Å². The van der Waals surface area contributed by atoms with E-state index in [1.54, 1.807) is 24.3 Å². The molecule has 0 fully saturated rings. The monoisotopic (exact) mass is 466 g/mol. The zero-order chi connectivity index (χ0) is 20.5. The van der Waals surface area contributed by atoms with Crippen LogP contribution in [0.5, 0.6) is 0 Å². The third-order valence-electron chi connectivity index (χ3n) is 3.75. The van der Waals surface area contributed by atoms with Crippen LogP contribution in [-0.4, -0.2) is 24.4 Å². The number of amides is 2. The van der Waals surface area contributed by atoms with Gasteiger partial charge in [-0.2, -0.15) is 0 Å². The molecular formula is C20H20BrClN2O4. The molecule has 0 aliphatic rings. The lowest BCUT2D eigenvalue weighted by Gasteiger charge is -2.10. The number of nitrogens with one attached hydrogen (secondary N) is 2. The molecule has 8 heteroatoms. The highest BCUT2D eigenvalue weighted by atomic mass is 79.9. The van der Waals surface area contributed by atoms with Crippen molar-refractivity contribution in [3.8, 4) is 0 Å². The van der Waals surface area contributed by atoms with Crippen molar-refractivity contribution in [2.75, 3.05) is 17.2 Å². The molecule has 2 aromatic carbocycles. The maximum Gasteiger partial charge on any atom is 0.306 e. The SMILES string of the molecule is Cc1cc(Br)c(Cl)cc1NC(=O)COC(=O)CCCC(=O)Nc1ccccc1. The lowest BCUT2D eigenvalue weighted by Crippen LogP contribution is -2.21. The average molecular weight is 468 g/mol. The molecule has 0 aliphatic carbocycles. The Kier molecular flexibility index (Phi) is 8.47. The highest BCUT2D eigenvalue weighted by molar-refractivity contribution is 9.10. The molecule has 0 atom stereocenters. The average Bonchev–Trinajstić information content (AvgIpc) is 2.65. The Labute approximate surface area is 176 Å². The molecular weight excluding hydrogens is 448 g/mol. The number of hydrogen-bond donors (Lipinski definition) is 2. The predicted octanol–water partition coefficient (Wildman–Crippen LogP) is 4.70. The Morgan fingerprint density at radius 2 is 1.75 bits per heavy atom. The van der Waals surface area contributed by atoms with Crippen LogP contribution in [-0.2, 0) is 19.1 Å². The third kappa shape index (κ3) is 7.32. The molecule has 0 bridgehead atoms. The molecule has 2 aromatic rings. The molecule has 2 N–H and O–H groups in total. The van der Waals surface area contributed by atoms with E-state index in [0.29, 0.717) is 22.8 Å². The van der Waals surface area contributed by atoms with E-state index in [9.17, 15) is 14.4 Å². The fourth-order valence-electron chi connectivity index (χ4n) is 2.32. The van der Waals surface area contributed by atoms with Crippen LogP contribution in [0.25, 0.3) is 0 Å². The molecule has 2 rings (SSSR count). The molecule has 2 amide bonds. The first-order valence-electron chi connectivity index (χ1n) is 8.61. The normalized spacial score (nSPS) is 10.2. The van der Waals surface area contributed by atoms with Crippen molar-refractivity contribution < 1.29 is 19.1 Å². The Balaban J connectivity index is 1.67. The number of halogens is 2. The topological polar surface area (TPSA) is 84.5 Å². The van der Waals surface area contributed by atoms with Gasteiger partial charge in [-0.25, -0.2) is 0 Å². The summed E-state index contributed by atoms with van der Waals surface area (Å²) in [5.41, 5.74) is 2.07. The van der Waals surface area contributed by atoms with Crippen LogP contribution < -0.4 is 10.6 Å². The molecule has 0 heterocycles. The number of carbonyl (C=O) groups excluding carboxylic acids is 3. The van der Waals surface area contributed by atoms with Gasteiger partial charge in [0.1, 0.15) is 0 Å². The Bertz CT molecular complexity index is 859. The minimum Gasteiger partial charge on any atom is -0.456 e. The molecule has 6 nitrogen and oxygen atoms in total. The quantitative estimate of drug-likeness (QED) is 0.551. The lowest BCUT2D eigenvalue weighted by atomic mass is 10.2. The fourth-order valence-corrected chi connectivity index (χ4v) is 2.95. The van der Waals surface area contributed by atoms with Crippen molar-refractivity contribution in [3.63, 3.8) is 0 Å². The van der Waals surface area contributed by atoms with Gasteiger partial charge in [-0.3, -0.25) is 14.4 Å². The summed E-state index contributed by atoms with van der Waals surface area (Å²) in [5, 5.41) is 5.85. The van der Waals surface area contributed by atoms with Gasteiger partial charge in [0.2, 0.25) is 5.91 Å². The van der Waals surface area contributed by atoms with Gasteiger partial charge in [-0.15, -0.1) is 0 Å². The third-order valence-corrected chi connectivity index (χ3v) is 4.94. The van der Waals surface area contributed by atoms with Crippen LogP contribution in [0.3, 0.4) is 0 Å². The first-order chi connectivity index (χ1) is 13.3. The second-order valence-corrected chi connectivity index (χ2v) is 7.32. The zero-order valence-corrected chi connectivity index (χ0v) is 17.6. The minimum absolute atomic E-state index is 0.0542. The molecule has 0 aromatic heterocycles. The maximum absolute atomic E-state index is 11.9. The number of rotatable bonds is 8. The number of anilines is 2. The van der Waals surface area contributed by atoms with Crippen molar-refractivity contribution in [1.82, 2.24) is 0 Å².